The zero-order valence-electron chi connectivity index (χ0n) is 14.5. The van der Waals surface area contributed by atoms with Crippen molar-refractivity contribution >= 4 is 18.2 Å². The van der Waals surface area contributed by atoms with Gasteiger partial charge < -0.3 is 14.3 Å². The predicted molar refractivity (Wildman–Crippen MR) is 87.0 cm³/mol. The van der Waals surface area contributed by atoms with E-state index in [4.69, 9.17) is 9.47 Å². The summed E-state index contributed by atoms with van der Waals surface area (Å²) in [5, 5.41) is 2.96. The summed E-state index contributed by atoms with van der Waals surface area (Å²) >= 11 is 0. The molecule has 136 valence electrons. The molecule has 1 fully saturated rings. The van der Waals surface area contributed by atoms with Crippen LogP contribution in [0.1, 0.15) is 32.4 Å². The number of aldehydes is 1. The molecule has 1 aliphatic heterocycles. The van der Waals surface area contributed by atoms with Gasteiger partial charge in [-0.05, 0) is 31.5 Å². The van der Waals surface area contributed by atoms with Crippen molar-refractivity contribution in [3.63, 3.8) is 0 Å². The number of benzene rings is 1. The fraction of sp³-hybridized carbons (Fsp3) is 0.500. The largest absolute Gasteiger partial charge is 0.464 e. The SMILES string of the molecule is CCOC(=O)C1(C(=O)OCC)N[C@H](c2ccc(F)cc2)[C@H](C=O)[C@H]1C. The van der Waals surface area contributed by atoms with E-state index in [2.05, 4.69) is 5.32 Å². The van der Waals surface area contributed by atoms with Crippen LogP contribution in [0, 0.1) is 17.7 Å². The molecular weight excluding hydrogens is 329 g/mol. The highest BCUT2D eigenvalue weighted by atomic mass is 19.1. The first-order valence-corrected chi connectivity index (χ1v) is 8.25. The number of carbonyl (C=O) groups is 3. The molecule has 0 bridgehead atoms. The van der Waals surface area contributed by atoms with Crippen molar-refractivity contribution in [3.05, 3.63) is 35.6 Å². The first-order chi connectivity index (χ1) is 11.9. The second kappa shape index (κ2) is 7.74. The van der Waals surface area contributed by atoms with Crippen LogP contribution in [-0.4, -0.2) is 37.0 Å². The summed E-state index contributed by atoms with van der Waals surface area (Å²) in [6, 6.07) is 4.92. The first kappa shape index (κ1) is 19.1. The van der Waals surface area contributed by atoms with Gasteiger partial charge in [-0.25, -0.2) is 14.0 Å². The molecule has 3 atom stereocenters. The van der Waals surface area contributed by atoms with Crippen LogP contribution in [0.15, 0.2) is 24.3 Å². The van der Waals surface area contributed by atoms with Crippen LogP contribution in [0.5, 0.6) is 0 Å². The Bertz CT molecular complexity index is 627. The predicted octanol–water partition coefficient (Wildman–Crippen LogP) is 1.79. The van der Waals surface area contributed by atoms with Crippen molar-refractivity contribution in [3.8, 4) is 0 Å². The molecule has 0 aliphatic carbocycles. The Morgan fingerprint density at radius 1 is 1.16 bits per heavy atom. The molecule has 1 aliphatic rings. The third-order valence-electron chi connectivity index (χ3n) is 4.61. The maximum absolute atomic E-state index is 13.2. The number of hydrogen-bond donors (Lipinski definition) is 1. The molecule has 0 aromatic heterocycles. The third-order valence-corrected chi connectivity index (χ3v) is 4.61. The highest BCUT2D eigenvalue weighted by Crippen LogP contribution is 2.43. The Balaban J connectivity index is 2.49. The molecule has 0 saturated carbocycles. The lowest BCUT2D eigenvalue weighted by Gasteiger charge is -2.29. The van der Waals surface area contributed by atoms with Gasteiger partial charge >= 0.3 is 11.9 Å². The highest BCUT2D eigenvalue weighted by Gasteiger charge is 2.62. The minimum atomic E-state index is -1.78. The van der Waals surface area contributed by atoms with Crippen LogP contribution in [-0.2, 0) is 23.9 Å². The highest BCUT2D eigenvalue weighted by molar-refractivity contribution is 6.06. The molecule has 6 nitrogen and oxygen atoms in total. The maximum Gasteiger partial charge on any atom is 0.338 e. The number of carbonyl (C=O) groups excluding carboxylic acids is 3. The van der Waals surface area contributed by atoms with Crippen molar-refractivity contribution in [2.45, 2.75) is 32.4 Å². The Morgan fingerprint density at radius 3 is 2.12 bits per heavy atom. The van der Waals surface area contributed by atoms with E-state index in [0.717, 1.165) is 0 Å². The van der Waals surface area contributed by atoms with E-state index in [0.29, 0.717) is 11.8 Å². The Morgan fingerprint density at radius 2 is 1.68 bits per heavy atom. The lowest BCUT2D eigenvalue weighted by Crippen LogP contribution is -2.60. The lowest BCUT2D eigenvalue weighted by molar-refractivity contribution is -0.168. The number of rotatable bonds is 6. The monoisotopic (exact) mass is 351 g/mol. The average Bonchev–Trinajstić information content (AvgIpc) is 2.89. The average molecular weight is 351 g/mol. The molecule has 2 rings (SSSR count). The topological polar surface area (TPSA) is 81.7 Å². The molecule has 0 unspecified atom stereocenters. The summed E-state index contributed by atoms with van der Waals surface area (Å²) in [5.41, 5.74) is -1.18. The summed E-state index contributed by atoms with van der Waals surface area (Å²) in [6.07, 6.45) is 0.700. The van der Waals surface area contributed by atoms with E-state index in [9.17, 15) is 18.8 Å². The smallest absolute Gasteiger partial charge is 0.338 e. The van der Waals surface area contributed by atoms with Crippen LogP contribution >= 0.6 is 0 Å². The van der Waals surface area contributed by atoms with Crippen LogP contribution < -0.4 is 5.32 Å². The van der Waals surface area contributed by atoms with Crippen molar-refractivity contribution in [1.82, 2.24) is 5.32 Å². The Labute approximate surface area is 145 Å². The molecule has 1 aromatic rings. The van der Waals surface area contributed by atoms with Gasteiger partial charge in [-0.2, -0.15) is 0 Å². The van der Waals surface area contributed by atoms with Gasteiger partial charge in [0, 0.05) is 17.9 Å². The maximum atomic E-state index is 13.2. The number of halogens is 1. The van der Waals surface area contributed by atoms with E-state index < -0.39 is 41.2 Å². The number of nitrogens with one attached hydrogen (secondary N) is 1. The molecule has 1 heterocycles. The third kappa shape index (κ3) is 3.28. The number of ether oxygens (including phenoxy) is 2. The standard InChI is InChI=1S/C18H22FNO5/c1-4-24-16(22)18(17(23)25-5-2)11(3)14(10-21)15(20-18)12-6-8-13(19)9-7-12/h6-11,14-15,20H,4-5H2,1-3H3/t11-,14-,15-/m1/s1. The molecule has 25 heavy (non-hydrogen) atoms. The van der Waals surface area contributed by atoms with E-state index in [-0.39, 0.29) is 13.2 Å². The zero-order chi connectivity index (χ0) is 18.6. The quantitative estimate of drug-likeness (QED) is 0.478. The van der Waals surface area contributed by atoms with Crippen LogP contribution in [0.2, 0.25) is 0 Å². The summed E-state index contributed by atoms with van der Waals surface area (Å²) in [7, 11) is 0. The number of esters is 2. The van der Waals surface area contributed by atoms with E-state index in [1.807, 2.05) is 0 Å². The lowest BCUT2D eigenvalue weighted by atomic mass is 9.79. The molecule has 0 amide bonds. The second-order valence-corrected chi connectivity index (χ2v) is 5.92. The summed E-state index contributed by atoms with van der Waals surface area (Å²) < 4.78 is 23.4. The Hall–Kier alpha value is -2.28. The second-order valence-electron chi connectivity index (χ2n) is 5.92. The molecule has 1 saturated heterocycles. The molecule has 0 spiro atoms. The van der Waals surface area contributed by atoms with Gasteiger partial charge in [-0.1, -0.05) is 19.1 Å². The molecule has 7 heteroatoms. The minimum absolute atomic E-state index is 0.0847. The van der Waals surface area contributed by atoms with Gasteiger partial charge in [0.1, 0.15) is 12.1 Å². The number of hydrogen-bond acceptors (Lipinski definition) is 6. The van der Waals surface area contributed by atoms with E-state index in [1.165, 1.54) is 24.3 Å². The molecule has 1 aromatic carbocycles. The fourth-order valence-electron chi connectivity index (χ4n) is 3.29. The van der Waals surface area contributed by atoms with Crippen molar-refractivity contribution in [2.75, 3.05) is 13.2 Å². The minimum Gasteiger partial charge on any atom is -0.464 e. The van der Waals surface area contributed by atoms with Gasteiger partial charge in [-0.15, -0.1) is 0 Å². The van der Waals surface area contributed by atoms with Crippen LogP contribution in [0.3, 0.4) is 0 Å². The van der Waals surface area contributed by atoms with Gasteiger partial charge in [0.2, 0.25) is 5.54 Å². The van der Waals surface area contributed by atoms with Crippen molar-refractivity contribution in [1.29, 1.82) is 0 Å². The normalized spacial score (nSPS) is 24.6. The molecule has 1 N–H and O–H groups in total. The zero-order valence-corrected chi connectivity index (χ0v) is 14.5. The van der Waals surface area contributed by atoms with E-state index >= 15 is 0 Å². The van der Waals surface area contributed by atoms with Crippen molar-refractivity contribution in [2.24, 2.45) is 11.8 Å². The summed E-state index contributed by atoms with van der Waals surface area (Å²) in [4.78, 5) is 36.9. The summed E-state index contributed by atoms with van der Waals surface area (Å²) in [6.45, 7) is 5.06. The van der Waals surface area contributed by atoms with Crippen molar-refractivity contribution < 1.29 is 28.2 Å². The van der Waals surface area contributed by atoms with Gasteiger partial charge in [0.05, 0.1) is 13.2 Å². The summed E-state index contributed by atoms with van der Waals surface area (Å²) in [5.74, 6) is -3.35. The molecule has 0 radical (unpaired) electrons. The Kier molecular flexibility index (Phi) is 5.89. The van der Waals surface area contributed by atoms with Gasteiger partial charge in [0.15, 0.2) is 0 Å². The molecular formula is C18H22FNO5. The van der Waals surface area contributed by atoms with Crippen LogP contribution in [0.25, 0.3) is 0 Å². The first-order valence-electron chi connectivity index (χ1n) is 8.25. The fourth-order valence-corrected chi connectivity index (χ4v) is 3.29. The van der Waals surface area contributed by atoms with Gasteiger partial charge in [0.25, 0.3) is 0 Å². The van der Waals surface area contributed by atoms with E-state index in [1.54, 1.807) is 20.8 Å². The van der Waals surface area contributed by atoms with Crippen LogP contribution in [0.4, 0.5) is 4.39 Å². The van der Waals surface area contributed by atoms with Gasteiger partial charge in [-0.3, -0.25) is 5.32 Å².